The molecule has 0 spiro atoms. The molecule has 1 atom stereocenters. The van der Waals surface area contributed by atoms with Crippen molar-refractivity contribution in [3.63, 3.8) is 0 Å². The molecule has 154 valence electrons. The number of methoxy groups -OCH3 is 1. The Balaban J connectivity index is 1.83. The molecule has 10 heteroatoms. The summed E-state index contributed by atoms with van der Waals surface area (Å²) in [5.74, 6) is -0.407. The number of carbonyl (C=O) groups is 2. The van der Waals surface area contributed by atoms with Crippen molar-refractivity contribution in [1.82, 2.24) is 19.5 Å². The topological polar surface area (TPSA) is 86.0 Å². The van der Waals surface area contributed by atoms with Crippen LogP contribution in [0.2, 0.25) is 0 Å². The van der Waals surface area contributed by atoms with Crippen LogP contribution in [0.1, 0.15) is 58.4 Å². The molecule has 0 fully saturated rings. The van der Waals surface area contributed by atoms with E-state index in [0.29, 0.717) is 18.5 Å². The molecule has 0 aromatic carbocycles. The van der Waals surface area contributed by atoms with Crippen LogP contribution in [0.5, 0.6) is 0 Å². The number of nitrogens with zero attached hydrogens (tertiary/aromatic N) is 4. The minimum Gasteiger partial charge on any atom is -0.465 e. The predicted molar refractivity (Wildman–Crippen MR) is 110 cm³/mol. The van der Waals surface area contributed by atoms with Gasteiger partial charge in [-0.3, -0.25) is 4.90 Å². The molecule has 1 aliphatic rings. The number of imidazole rings is 1. The lowest BCUT2D eigenvalue weighted by Gasteiger charge is -2.35. The van der Waals surface area contributed by atoms with Crippen molar-refractivity contribution in [2.24, 2.45) is 0 Å². The van der Waals surface area contributed by atoms with Crippen LogP contribution in [-0.2, 0) is 15.9 Å². The summed E-state index contributed by atoms with van der Waals surface area (Å²) >= 11 is 2.92. The second-order valence-corrected chi connectivity index (χ2v) is 9.92. The molecule has 1 aliphatic heterocycles. The first-order chi connectivity index (χ1) is 13.7. The largest absolute Gasteiger partial charge is 0.465 e. The van der Waals surface area contributed by atoms with Gasteiger partial charge in [-0.1, -0.05) is 11.3 Å². The molecule has 8 nitrogen and oxygen atoms in total. The summed E-state index contributed by atoms with van der Waals surface area (Å²) < 4.78 is 12.3. The van der Waals surface area contributed by atoms with Crippen molar-refractivity contribution in [3.8, 4) is 0 Å². The van der Waals surface area contributed by atoms with Gasteiger partial charge in [-0.25, -0.2) is 19.1 Å². The average Bonchev–Trinajstić information content (AvgIpc) is 3.32. The summed E-state index contributed by atoms with van der Waals surface area (Å²) in [6.07, 6.45) is 0.221. The molecule has 0 radical (unpaired) electrons. The van der Waals surface area contributed by atoms with Crippen LogP contribution < -0.4 is 0 Å². The molecule has 4 rings (SSSR count). The summed E-state index contributed by atoms with van der Waals surface area (Å²) in [4.78, 5) is 33.1. The lowest BCUT2D eigenvalue weighted by atomic mass is 10.0. The van der Waals surface area contributed by atoms with Gasteiger partial charge in [-0.2, -0.15) is 5.10 Å². The number of ether oxygens (including phenoxy) is 2. The zero-order valence-electron chi connectivity index (χ0n) is 16.9. The minimum absolute atomic E-state index is 0.400. The van der Waals surface area contributed by atoms with E-state index in [0.717, 1.165) is 26.2 Å². The van der Waals surface area contributed by atoms with Crippen molar-refractivity contribution >= 4 is 39.7 Å². The molecule has 3 aromatic rings. The van der Waals surface area contributed by atoms with Gasteiger partial charge in [0.05, 0.1) is 24.1 Å². The maximum absolute atomic E-state index is 13.0. The molecule has 1 amide bonds. The number of hydrogen-bond donors (Lipinski definition) is 0. The van der Waals surface area contributed by atoms with Crippen molar-refractivity contribution < 1.29 is 19.1 Å². The second-order valence-electron chi connectivity index (χ2n) is 7.81. The van der Waals surface area contributed by atoms with Crippen LogP contribution >= 0.6 is 22.7 Å². The van der Waals surface area contributed by atoms with E-state index in [2.05, 4.69) is 5.10 Å². The van der Waals surface area contributed by atoms with E-state index in [1.165, 1.54) is 29.8 Å². The van der Waals surface area contributed by atoms with Crippen LogP contribution in [0.4, 0.5) is 4.79 Å². The van der Waals surface area contributed by atoms with Crippen LogP contribution in [0.25, 0.3) is 4.96 Å². The Hall–Kier alpha value is -2.46. The Kier molecular flexibility index (Phi) is 4.86. The normalized spacial score (nSPS) is 16.7. The van der Waals surface area contributed by atoms with E-state index >= 15 is 0 Å². The first-order valence-electron chi connectivity index (χ1n) is 9.19. The lowest BCUT2D eigenvalue weighted by Crippen LogP contribution is -2.43. The third-order valence-corrected chi connectivity index (χ3v) is 6.32. The highest BCUT2D eigenvalue weighted by atomic mass is 32.1. The zero-order valence-corrected chi connectivity index (χ0v) is 18.5. The number of carbonyl (C=O) groups excluding carboxylic acids is 2. The lowest BCUT2D eigenvalue weighted by molar-refractivity contribution is 0.0175. The quantitative estimate of drug-likeness (QED) is 0.570. The fraction of sp³-hybridized carbons (Fsp3) is 0.474. The number of aromatic nitrogens is 3. The summed E-state index contributed by atoms with van der Waals surface area (Å²) in [7, 11) is 1.35. The number of amides is 1. The van der Waals surface area contributed by atoms with Gasteiger partial charge in [0.15, 0.2) is 0 Å². The molecule has 0 saturated carbocycles. The molecule has 3 aromatic heterocycles. The molecular weight excluding hydrogens is 412 g/mol. The number of fused-ring (bicyclic) bond motifs is 3. The van der Waals surface area contributed by atoms with Gasteiger partial charge in [0.2, 0.25) is 4.96 Å². The molecule has 1 unspecified atom stereocenters. The van der Waals surface area contributed by atoms with Gasteiger partial charge in [0.25, 0.3) is 0 Å². The molecular formula is C19H22N4O4S2. The van der Waals surface area contributed by atoms with Gasteiger partial charge in [0, 0.05) is 23.2 Å². The second kappa shape index (κ2) is 7.10. The third kappa shape index (κ3) is 3.62. The summed E-state index contributed by atoms with van der Waals surface area (Å²) in [5.41, 5.74) is 1.61. The van der Waals surface area contributed by atoms with Crippen molar-refractivity contribution in [1.29, 1.82) is 0 Å². The Bertz CT molecular complexity index is 1090. The number of aryl methyl sites for hydroxylation is 1. The van der Waals surface area contributed by atoms with E-state index in [1.807, 2.05) is 32.2 Å². The van der Waals surface area contributed by atoms with Gasteiger partial charge in [-0.05, 0) is 33.8 Å². The van der Waals surface area contributed by atoms with E-state index in [9.17, 15) is 9.59 Å². The molecule has 29 heavy (non-hydrogen) atoms. The SMILES string of the molecule is COC(=O)c1csc(C2c3c(nc4sc(C)nn34)CCN2C(=O)OC(C)(C)C)c1. The Morgan fingerprint density at radius 2 is 2.07 bits per heavy atom. The maximum atomic E-state index is 13.0. The molecule has 0 bridgehead atoms. The monoisotopic (exact) mass is 434 g/mol. The molecule has 0 saturated heterocycles. The molecule has 0 N–H and O–H groups in total. The van der Waals surface area contributed by atoms with Crippen LogP contribution in [-0.4, -0.2) is 50.8 Å². The van der Waals surface area contributed by atoms with Crippen LogP contribution in [0.3, 0.4) is 0 Å². The number of hydrogen-bond acceptors (Lipinski definition) is 8. The van der Waals surface area contributed by atoms with Crippen molar-refractivity contribution in [2.75, 3.05) is 13.7 Å². The summed E-state index contributed by atoms with van der Waals surface area (Å²) in [6, 6.07) is 1.33. The third-order valence-electron chi connectivity index (χ3n) is 4.51. The van der Waals surface area contributed by atoms with Gasteiger partial charge in [0.1, 0.15) is 16.7 Å². The van der Waals surface area contributed by atoms with Crippen LogP contribution in [0.15, 0.2) is 11.4 Å². The molecule has 0 aliphatic carbocycles. The Labute approximate surface area is 176 Å². The van der Waals surface area contributed by atoms with E-state index in [-0.39, 0.29) is 0 Å². The highest BCUT2D eigenvalue weighted by Gasteiger charge is 2.39. The first kappa shape index (κ1) is 19.8. The fourth-order valence-electron chi connectivity index (χ4n) is 3.39. The Morgan fingerprint density at radius 1 is 1.31 bits per heavy atom. The standard InChI is InChI=1S/C19H22N4O4S2/c1-10-21-23-14-12(20-17(23)29-10)6-7-22(18(25)27-19(2,3)4)15(14)13-8-11(9-28-13)16(24)26-5/h8-9,15H,6-7H2,1-5H3. The number of rotatable bonds is 2. The highest BCUT2D eigenvalue weighted by molar-refractivity contribution is 7.16. The minimum atomic E-state index is -0.613. The highest BCUT2D eigenvalue weighted by Crippen LogP contribution is 2.39. The maximum Gasteiger partial charge on any atom is 0.411 e. The predicted octanol–water partition coefficient (Wildman–Crippen LogP) is 3.83. The average molecular weight is 435 g/mol. The van der Waals surface area contributed by atoms with E-state index < -0.39 is 23.7 Å². The smallest absolute Gasteiger partial charge is 0.411 e. The number of thiophene rings is 1. The fourth-order valence-corrected chi connectivity index (χ4v) is 5.15. The van der Waals surface area contributed by atoms with Gasteiger partial charge in [-0.15, -0.1) is 11.3 Å². The van der Waals surface area contributed by atoms with E-state index in [1.54, 1.807) is 16.3 Å². The van der Waals surface area contributed by atoms with Gasteiger partial charge >= 0.3 is 12.1 Å². The summed E-state index contributed by atoms with van der Waals surface area (Å²) in [5, 5.41) is 7.23. The number of esters is 1. The van der Waals surface area contributed by atoms with Gasteiger partial charge < -0.3 is 9.47 Å². The van der Waals surface area contributed by atoms with Crippen molar-refractivity contribution in [3.05, 3.63) is 38.3 Å². The first-order valence-corrected chi connectivity index (χ1v) is 10.9. The Morgan fingerprint density at radius 3 is 2.76 bits per heavy atom. The van der Waals surface area contributed by atoms with Crippen molar-refractivity contribution in [2.45, 2.75) is 45.8 Å². The zero-order chi connectivity index (χ0) is 20.9. The van der Waals surface area contributed by atoms with Crippen LogP contribution in [0, 0.1) is 6.92 Å². The van der Waals surface area contributed by atoms with E-state index in [4.69, 9.17) is 14.5 Å². The molecule has 4 heterocycles. The summed E-state index contributed by atoms with van der Waals surface area (Å²) in [6.45, 7) is 7.93.